The molecule has 0 bridgehead atoms. The van der Waals surface area contributed by atoms with Gasteiger partial charge >= 0.3 is 5.97 Å². The standard InChI is InChI=1S/C37H60O10/c1-32(2)12-14-37(31(45)47-30-28(43)27(42)26(41)23(46-30)10-16-38)15-13-35(5)20(21(37)17-32)7-8-25-33(3)18-22(40)29(44)34(4,19-39)24(33)9-11-36(25,35)6/h7,21-30,38-44H,8-19H2,1-6H3/t21-,22+,23+,24+,25+,26+,27-,28+,29-,30-,33-,34-,35+,36+,37-/m0/s1. The number of carbonyl (C=O) groups excluding carboxylic acids is 1. The molecular formula is C37H60O10. The second-order valence-corrected chi connectivity index (χ2v) is 18.2. The van der Waals surface area contributed by atoms with E-state index in [1.807, 2.05) is 6.92 Å². The van der Waals surface area contributed by atoms with Crippen LogP contribution in [0.1, 0.15) is 106 Å². The lowest BCUT2D eigenvalue weighted by Crippen LogP contribution is -2.68. The van der Waals surface area contributed by atoms with Gasteiger partial charge in [0, 0.05) is 12.0 Å². The van der Waals surface area contributed by atoms with Crippen molar-refractivity contribution in [1.29, 1.82) is 0 Å². The van der Waals surface area contributed by atoms with Crippen LogP contribution in [0.25, 0.3) is 0 Å². The first-order valence-electron chi connectivity index (χ1n) is 18.0. The van der Waals surface area contributed by atoms with Crippen LogP contribution in [0.5, 0.6) is 0 Å². The van der Waals surface area contributed by atoms with Crippen LogP contribution in [-0.2, 0) is 14.3 Å². The van der Waals surface area contributed by atoms with Crippen molar-refractivity contribution in [2.24, 2.45) is 50.2 Å². The molecule has 0 spiro atoms. The molecular weight excluding hydrogens is 604 g/mol. The van der Waals surface area contributed by atoms with Gasteiger partial charge in [0.15, 0.2) is 0 Å². The first-order valence-corrected chi connectivity index (χ1v) is 18.0. The van der Waals surface area contributed by atoms with E-state index in [0.29, 0.717) is 19.3 Å². The van der Waals surface area contributed by atoms with Crippen LogP contribution >= 0.6 is 0 Å². The minimum atomic E-state index is -1.62. The lowest BCUT2D eigenvalue weighted by atomic mass is 9.33. The van der Waals surface area contributed by atoms with Gasteiger partial charge in [-0.3, -0.25) is 4.79 Å². The maximum Gasteiger partial charge on any atom is 0.315 e. The Hall–Kier alpha value is -1.11. The molecule has 1 saturated heterocycles. The number of aliphatic hydroxyl groups excluding tert-OH is 7. The zero-order chi connectivity index (χ0) is 34.5. The maximum atomic E-state index is 14.5. The van der Waals surface area contributed by atoms with Crippen LogP contribution < -0.4 is 0 Å². The average Bonchev–Trinajstić information content (AvgIpc) is 3.01. The van der Waals surface area contributed by atoms with Crippen molar-refractivity contribution in [3.8, 4) is 0 Å². The van der Waals surface area contributed by atoms with E-state index in [1.165, 1.54) is 5.57 Å². The Morgan fingerprint density at radius 3 is 2.21 bits per heavy atom. The molecule has 1 aliphatic heterocycles. The van der Waals surface area contributed by atoms with Crippen molar-refractivity contribution in [1.82, 2.24) is 0 Å². The van der Waals surface area contributed by atoms with Crippen molar-refractivity contribution < 1.29 is 50.0 Å². The fourth-order valence-corrected chi connectivity index (χ4v) is 12.4. The molecule has 15 atom stereocenters. The number of rotatable bonds is 5. The Bertz CT molecular complexity index is 1250. The van der Waals surface area contributed by atoms with Crippen LogP contribution in [0.3, 0.4) is 0 Å². The van der Waals surface area contributed by atoms with Gasteiger partial charge in [-0.2, -0.15) is 0 Å². The molecule has 6 aliphatic rings. The second kappa shape index (κ2) is 11.7. The van der Waals surface area contributed by atoms with Crippen molar-refractivity contribution in [2.75, 3.05) is 13.2 Å². The van der Waals surface area contributed by atoms with Gasteiger partial charge in [0.2, 0.25) is 6.29 Å². The van der Waals surface area contributed by atoms with Gasteiger partial charge in [0.25, 0.3) is 0 Å². The van der Waals surface area contributed by atoms with Crippen molar-refractivity contribution in [3.63, 3.8) is 0 Å². The quantitative estimate of drug-likeness (QED) is 0.171. The zero-order valence-corrected chi connectivity index (χ0v) is 29.2. The Kier molecular flexibility index (Phi) is 8.91. The maximum absolute atomic E-state index is 14.5. The molecule has 4 saturated carbocycles. The smallest absolute Gasteiger partial charge is 0.315 e. The van der Waals surface area contributed by atoms with Gasteiger partial charge in [-0.05, 0) is 104 Å². The predicted octanol–water partition coefficient (Wildman–Crippen LogP) is 2.83. The first-order chi connectivity index (χ1) is 21.8. The molecule has 0 aromatic carbocycles. The largest absolute Gasteiger partial charge is 0.432 e. The summed E-state index contributed by atoms with van der Waals surface area (Å²) in [5.74, 6) is -0.255. The second-order valence-electron chi connectivity index (χ2n) is 18.2. The van der Waals surface area contributed by atoms with Gasteiger partial charge in [-0.25, -0.2) is 0 Å². The molecule has 7 N–H and O–H groups in total. The molecule has 0 aromatic rings. The van der Waals surface area contributed by atoms with E-state index in [0.717, 1.165) is 38.5 Å². The van der Waals surface area contributed by atoms with Crippen LogP contribution in [0.2, 0.25) is 0 Å². The molecule has 6 rings (SSSR count). The van der Waals surface area contributed by atoms with E-state index in [-0.39, 0.29) is 59.0 Å². The van der Waals surface area contributed by atoms with Gasteiger partial charge in [0.05, 0.1) is 30.3 Å². The predicted molar refractivity (Wildman–Crippen MR) is 172 cm³/mol. The fraction of sp³-hybridized carbons (Fsp3) is 0.919. The lowest BCUT2D eigenvalue weighted by Gasteiger charge is -2.71. The summed E-state index contributed by atoms with van der Waals surface area (Å²) in [5, 5.41) is 74.0. The van der Waals surface area contributed by atoms with E-state index in [1.54, 1.807) is 0 Å². The molecule has 268 valence electrons. The summed E-state index contributed by atoms with van der Waals surface area (Å²) < 4.78 is 11.8. The van der Waals surface area contributed by atoms with Crippen molar-refractivity contribution in [3.05, 3.63) is 11.6 Å². The summed E-state index contributed by atoms with van der Waals surface area (Å²) in [7, 11) is 0. The molecule has 0 radical (unpaired) electrons. The topological polar surface area (TPSA) is 177 Å². The van der Waals surface area contributed by atoms with Gasteiger partial charge < -0.3 is 45.2 Å². The number of hydrogen-bond donors (Lipinski definition) is 7. The summed E-state index contributed by atoms with van der Waals surface area (Å²) in [6, 6.07) is 0. The zero-order valence-electron chi connectivity index (χ0n) is 29.2. The lowest BCUT2D eigenvalue weighted by molar-refractivity contribution is -0.295. The molecule has 47 heavy (non-hydrogen) atoms. The van der Waals surface area contributed by atoms with E-state index < -0.39 is 59.7 Å². The summed E-state index contributed by atoms with van der Waals surface area (Å²) in [4.78, 5) is 14.5. The average molecular weight is 665 g/mol. The van der Waals surface area contributed by atoms with Crippen molar-refractivity contribution in [2.45, 2.75) is 149 Å². The monoisotopic (exact) mass is 664 g/mol. The summed E-state index contributed by atoms with van der Waals surface area (Å²) in [6.07, 6.45) is 0.173. The van der Waals surface area contributed by atoms with Crippen LogP contribution in [0, 0.1) is 50.2 Å². The number of ether oxygens (including phenoxy) is 2. The number of fused-ring (bicyclic) bond motifs is 7. The molecule has 5 fully saturated rings. The number of carbonyl (C=O) groups is 1. The number of allylic oxidation sites excluding steroid dienone is 2. The van der Waals surface area contributed by atoms with Gasteiger partial charge in [0.1, 0.15) is 18.3 Å². The SMILES string of the molecule is CC1(C)CC[C@]2(C(=O)O[C@@H]3O[C@H](CCO)[C@@H](O)[C@H](O)[C@H]3O)CC[C@]3(C)C(=CC[C@@H]4[C@@]5(C)C[C@@H](O)[C@H](O)[C@@](C)(CO)[C@@H]5CC[C@]43C)[C@@H]2C1. The van der Waals surface area contributed by atoms with E-state index in [4.69, 9.17) is 9.47 Å². The van der Waals surface area contributed by atoms with Gasteiger partial charge in [-0.15, -0.1) is 0 Å². The normalized spacial score (nSPS) is 53.9. The highest BCUT2D eigenvalue weighted by molar-refractivity contribution is 5.79. The Morgan fingerprint density at radius 2 is 1.55 bits per heavy atom. The fourth-order valence-electron chi connectivity index (χ4n) is 12.4. The van der Waals surface area contributed by atoms with E-state index in [9.17, 15) is 40.5 Å². The summed E-state index contributed by atoms with van der Waals surface area (Å²) >= 11 is 0. The highest BCUT2D eigenvalue weighted by Gasteiger charge is 2.71. The molecule has 10 nitrogen and oxygen atoms in total. The first kappa shape index (κ1) is 35.7. The third kappa shape index (κ3) is 4.97. The van der Waals surface area contributed by atoms with Crippen LogP contribution in [0.15, 0.2) is 11.6 Å². The van der Waals surface area contributed by atoms with Crippen LogP contribution in [-0.4, -0.2) is 97.8 Å². The molecule has 0 amide bonds. The van der Waals surface area contributed by atoms with Crippen LogP contribution in [0.4, 0.5) is 0 Å². The number of aliphatic hydroxyl groups is 7. The molecule has 5 aliphatic carbocycles. The highest BCUT2D eigenvalue weighted by atomic mass is 16.7. The Morgan fingerprint density at radius 1 is 0.872 bits per heavy atom. The molecule has 0 unspecified atom stereocenters. The molecule has 0 aromatic heterocycles. The summed E-state index contributed by atoms with van der Waals surface area (Å²) in [6.45, 7) is 13.0. The third-order valence-corrected chi connectivity index (χ3v) is 15.4. The third-order valence-electron chi connectivity index (χ3n) is 15.4. The minimum absolute atomic E-state index is 0.00509. The van der Waals surface area contributed by atoms with E-state index in [2.05, 4.69) is 40.7 Å². The minimum Gasteiger partial charge on any atom is -0.432 e. The molecule has 1 heterocycles. The molecule has 10 heteroatoms. The van der Waals surface area contributed by atoms with Crippen molar-refractivity contribution >= 4 is 5.97 Å². The summed E-state index contributed by atoms with van der Waals surface area (Å²) in [5.41, 5.74) is -0.984. The number of hydrogen-bond acceptors (Lipinski definition) is 10. The Balaban J connectivity index is 1.35. The highest BCUT2D eigenvalue weighted by Crippen LogP contribution is 2.75. The number of esters is 1. The van der Waals surface area contributed by atoms with Gasteiger partial charge in [-0.1, -0.05) is 53.2 Å². The van der Waals surface area contributed by atoms with E-state index >= 15 is 0 Å². The Labute approximate surface area is 279 Å².